The van der Waals surface area contributed by atoms with Crippen LogP contribution in [0.4, 0.5) is 0 Å². The van der Waals surface area contributed by atoms with E-state index in [0.717, 1.165) is 17.1 Å². The standard InChI is InChI=1S/C7H8N2O2S/c10-7(11)6-9-4-1-2-8-3-5(4)12-6/h1-2,6,8-9H,3H2,(H,10,11). The Morgan fingerprint density at radius 1 is 1.75 bits per heavy atom. The van der Waals surface area contributed by atoms with Crippen LogP contribution in [-0.4, -0.2) is 23.0 Å². The van der Waals surface area contributed by atoms with Gasteiger partial charge in [0.05, 0.1) is 0 Å². The molecule has 0 saturated heterocycles. The summed E-state index contributed by atoms with van der Waals surface area (Å²) >= 11 is 1.36. The lowest BCUT2D eigenvalue weighted by atomic mass is 10.3. The molecule has 2 heterocycles. The summed E-state index contributed by atoms with van der Waals surface area (Å²) in [5.74, 6) is -0.817. The van der Waals surface area contributed by atoms with Gasteiger partial charge in [-0.3, -0.25) is 0 Å². The molecule has 0 spiro atoms. The number of nitrogens with one attached hydrogen (secondary N) is 2. The summed E-state index contributed by atoms with van der Waals surface area (Å²) in [6, 6.07) is 0. The van der Waals surface area contributed by atoms with Crippen molar-refractivity contribution in [2.24, 2.45) is 0 Å². The van der Waals surface area contributed by atoms with Crippen LogP contribution >= 0.6 is 11.8 Å². The van der Waals surface area contributed by atoms with Gasteiger partial charge in [0.15, 0.2) is 5.37 Å². The van der Waals surface area contributed by atoms with Crippen LogP contribution in [0.1, 0.15) is 0 Å². The van der Waals surface area contributed by atoms with Crippen molar-refractivity contribution >= 4 is 17.7 Å². The van der Waals surface area contributed by atoms with Crippen LogP contribution in [0.5, 0.6) is 0 Å². The first-order valence-corrected chi connectivity index (χ1v) is 4.44. The molecule has 0 aromatic rings. The van der Waals surface area contributed by atoms with Crippen LogP contribution < -0.4 is 10.6 Å². The smallest absolute Gasteiger partial charge is 0.337 e. The van der Waals surface area contributed by atoms with E-state index in [1.807, 2.05) is 12.3 Å². The Hall–Kier alpha value is -1.10. The molecule has 1 atom stereocenters. The van der Waals surface area contributed by atoms with Crippen molar-refractivity contribution in [1.82, 2.24) is 10.6 Å². The molecule has 4 nitrogen and oxygen atoms in total. The van der Waals surface area contributed by atoms with Crippen LogP contribution in [0, 0.1) is 0 Å². The molecule has 2 aliphatic heterocycles. The Morgan fingerprint density at radius 3 is 3.25 bits per heavy atom. The van der Waals surface area contributed by atoms with Crippen molar-refractivity contribution in [2.75, 3.05) is 6.54 Å². The van der Waals surface area contributed by atoms with Gasteiger partial charge in [0, 0.05) is 17.1 Å². The number of carboxylic acids is 1. The number of carbonyl (C=O) groups is 1. The van der Waals surface area contributed by atoms with Crippen molar-refractivity contribution in [3.05, 3.63) is 22.9 Å². The third kappa shape index (κ3) is 1.16. The second kappa shape index (κ2) is 2.75. The molecule has 0 amide bonds. The lowest BCUT2D eigenvalue weighted by Gasteiger charge is -2.07. The predicted molar refractivity (Wildman–Crippen MR) is 46.3 cm³/mol. The van der Waals surface area contributed by atoms with E-state index in [1.165, 1.54) is 11.8 Å². The maximum absolute atomic E-state index is 10.6. The van der Waals surface area contributed by atoms with E-state index >= 15 is 0 Å². The second-order valence-electron chi connectivity index (χ2n) is 2.53. The third-order valence-electron chi connectivity index (χ3n) is 1.70. The van der Waals surface area contributed by atoms with Gasteiger partial charge >= 0.3 is 5.97 Å². The fourth-order valence-electron chi connectivity index (χ4n) is 1.14. The van der Waals surface area contributed by atoms with Crippen molar-refractivity contribution in [3.63, 3.8) is 0 Å². The molecule has 3 N–H and O–H groups in total. The van der Waals surface area contributed by atoms with Crippen LogP contribution in [0.3, 0.4) is 0 Å². The van der Waals surface area contributed by atoms with Gasteiger partial charge in [-0.25, -0.2) is 4.79 Å². The molecule has 0 aromatic carbocycles. The molecule has 2 aliphatic rings. The minimum absolute atomic E-state index is 0.514. The molecule has 64 valence electrons. The fraction of sp³-hybridized carbons (Fsp3) is 0.286. The summed E-state index contributed by atoms with van der Waals surface area (Å²) in [5, 5.41) is 14.1. The Kier molecular flexibility index (Phi) is 1.73. The maximum Gasteiger partial charge on any atom is 0.337 e. The maximum atomic E-state index is 10.6. The average Bonchev–Trinajstić information content (AvgIpc) is 2.46. The first-order chi connectivity index (χ1) is 5.77. The van der Waals surface area contributed by atoms with E-state index in [-0.39, 0.29) is 0 Å². The monoisotopic (exact) mass is 184 g/mol. The van der Waals surface area contributed by atoms with Crippen LogP contribution in [0.15, 0.2) is 22.9 Å². The van der Waals surface area contributed by atoms with E-state index in [0.29, 0.717) is 0 Å². The van der Waals surface area contributed by atoms with Gasteiger partial charge in [0.25, 0.3) is 0 Å². The second-order valence-corrected chi connectivity index (χ2v) is 3.73. The quantitative estimate of drug-likeness (QED) is 0.538. The van der Waals surface area contributed by atoms with Gasteiger partial charge in [-0.05, 0) is 12.3 Å². The van der Waals surface area contributed by atoms with E-state index < -0.39 is 11.3 Å². The molecule has 0 aliphatic carbocycles. The number of dihydropyridines is 1. The van der Waals surface area contributed by atoms with E-state index in [9.17, 15) is 4.79 Å². The number of thioether (sulfide) groups is 1. The Morgan fingerprint density at radius 2 is 2.58 bits per heavy atom. The highest BCUT2D eigenvalue weighted by molar-refractivity contribution is 8.04. The minimum Gasteiger partial charge on any atom is -0.479 e. The first-order valence-electron chi connectivity index (χ1n) is 3.56. The summed E-state index contributed by atoms with van der Waals surface area (Å²) < 4.78 is 0. The third-order valence-corrected chi connectivity index (χ3v) is 2.91. The molecule has 1 unspecified atom stereocenters. The van der Waals surface area contributed by atoms with Gasteiger partial charge in [0.1, 0.15) is 0 Å². The number of allylic oxidation sites excluding steroid dienone is 1. The van der Waals surface area contributed by atoms with Gasteiger partial charge < -0.3 is 15.7 Å². The van der Waals surface area contributed by atoms with Crippen molar-refractivity contribution < 1.29 is 9.90 Å². The number of aliphatic carboxylic acids is 1. The number of rotatable bonds is 1. The molecule has 2 rings (SSSR count). The normalized spacial score (nSPS) is 26.2. The molecule has 0 saturated carbocycles. The van der Waals surface area contributed by atoms with Gasteiger partial charge in [0.2, 0.25) is 0 Å². The van der Waals surface area contributed by atoms with E-state index in [4.69, 9.17) is 5.11 Å². The van der Waals surface area contributed by atoms with E-state index in [1.54, 1.807) is 0 Å². The minimum atomic E-state index is -0.817. The van der Waals surface area contributed by atoms with Gasteiger partial charge in [-0.15, -0.1) is 0 Å². The van der Waals surface area contributed by atoms with Crippen LogP contribution in [-0.2, 0) is 4.79 Å². The molecule has 12 heavy (non-hydrogen) atoms. The SMILES string of the molecule is O=C(O)C1NC2=C(CNC=C2)S1. The largest absolute Gasteiger partial charge is 0.479 e. The number of hydrogen-bond acceptors (Lipinski definition) is 4. The Balaban J connectivity index is 2.12. The molecule has 5 heteroatoms. The molecule has 0 aromatic heterocycles. The molecular weight excluding hydrogens is 176 g/mol. The molecular formula is C7H8N2O2S. The highest BCUT2D eigenvalue weighted by Crippen LogP contribution is 2.31. The summed E-state index contributed by atoms with van der Waals surface area (Å²) in [6.45, 7) is 0.729. The molecule has 0 bridgehead atoms. The highest BCUT2D eigenvalue weighted by Gasteiger charge is 2.28. The average molecular weight is 184 g/mol. The Bertz CT molecular complexity index is 285. The summed E-state index contributed by atoms with van der Waals surface area (Å²) in [6.07, 6.45) is 3.67. The zero-order valence-electron chi connectivity index (χ0n) is 6.20. The Labute approximate surface area is 73.7 Å². The lowest BCUT2D eigenvalue weighted by Crippen LogP contribution is -2.28. The van der Waals surface area contributed by atoms with Crippen molar-refractivity contribution in [1.29, 1.82) is 0 Å². The molecule has 0 radical (unpaired) electrons. The number of carboxylic acid groups (broad SMARTS) is 1. The van der Waals surface area contributed by atoms with Gasteiger partial charge in [-0.2, -0.15) is 0 Å². The van der Waals surface area contributed by atoms with Crippen molar-refractivity contribution in [2.45, 2.75) is 5.37 Å². The summed E-state index contributed by atoms with van der Waals surface area (Å²) in [4.78, 5) is 11.7. The zero-order chi connectivity index (χ0) is 8.55. The predicted octanol–water partition coefficient (Wildman–Crippen LogP) is 0.0620. The van der Waals surface area contributed by atoms with Gasteiger partial charge in [-0.1, -0.05) is 11.8 Å². The lowest BCUT2D eigenvalue weighted by molar-refractivity contribution is -0.136. The highest BCUT2D eigenvalue weighted by atomic mass is 32.2. The fourth-order valence-corrected chi connectivity index (χ4v) is 2.13. The van der Waals surface area contributed by atoms with Crippen LogP contribution in [0.25, 0.3) is 0 Å². The zero-order valence-corrected chi connectivity index (χ0v) is 7.02. The molecule has 0 fully saturated rings. The first kappa shape index (κ1) is 7.54. The van der Waals surface area contributed by atoms with Crippen molar-refractivity contribution in [3.8, 4) is 0 Å². The van der Waals surface area contributed by atoms with E-state index in [2.05, 4.69) is 10.6 Å². The summed E-state index contributed by atoms with van der Waals surface area (Å²) in [7, 11) is 0. The topological polar surface area (TPSA) is 61.4 Å². The van der Waals surface area contributed by atoms with Crippen LogP contribution in [0.2, 0.25) is 0 Å². The summed E-state index contributed by atoms with van der Waals surface area (Å²) in [5.41, 5.74) is 0.936. The number of hydrogen-bond donors (Lipinski definition) is 3.